The van der Waals surface area contributed by atoms with E-state index in [-0.39, 0.29) is 35.7 Å². The van der Waals surface area contributed by atoms with Gasteiger partial charge in [0.1, 0.15) is 0 Å². The first kappa shape index (κ1) is 11.6. The highest BCUT2D eigenvalue weighted by molar-refractivity contribution is 5.99. The number of imide groups is 1. The summed E-state index contributed by atoms with van der Waals surface area (Å²) in [6, 6.07) is 0. The average Bonchev–Trinajstić information content (AvgIpc) is 2.67. The minimum Gasteiger partial charge on any atom is -0.378 e. The summed E-state index contributed by atoms with van der Waals surface area (Å²) >= 11 is 0. The Morgan fingerprint density at radius 1 is 1.38 bits per heavy atom. The van der Waals surface area contributed by atoms with Gasteiger partial charge in [0.25, 0.3) is 0 Å². The number of hydrogen-bond donors (Lipinski definition) is 1. The minimum absolute atomic E-state index is 0.0729. The lowest BCUT2D eigenvalue weighted by Crippen LogP contribution is -2.50. The zero-order valence-corrected chi connectivity index (χ0v) is 9.86. The topological polar surface area (TPSA) is 55.4 Å². The Balaban J connectivity index is 2.16. The van der Waals surface area contributed by atoms with E-state index < -0.39 is 0 Å². The zero-order chi connectivity index (χ0) is 11.7. The Kier molecular flexibility index (Phi) is 3.28. The molecule has 1 N–H and O–H groups in total. The lowest BCUT2D eigenvalue weighted by atomic mass is 9.75. The molecule has 0 spiro atoms. The second kappa shape index (κ2) is 4.53. The number of amides is 2. The molecule has 2 aliphatic rings. The predicted octanol–water partition coefficient (Wildman–Crippen LogP) is 1.10. The largest absolute Gasteiger partial charge is 0.378 e. The predicted molar refractivity (Wildman–Crippen MR) is 58.6 cm³/mol. The SMILES string of the molecule is CC(C)C1C(=O)NC(=O)CC1C1CCCO1. The van der Waals surface area contributed by atoms with Crippen LogP contribution in [0.3, 0.4) is 0 Å². The first-order chi connectivity index (χ1) is 7.59. The van der Waals surface area contributed by atoms with Crippen molar-refractivity contribution in [2.45, 2.75) is 39.2 Å². The van der Waals surface area contributed by atoms with E-state index in [0.29, 0.717) is 6.42 Å². The van der Waals surface area contributed by atoms with Gasteiger partial charge in [-0.15, -0.1) is 0 Å². The van der Waals surface area contributed by atoms with Crippen LogP contribution in [0.5, 0.6) is 0 Å². The molecule has 0 radical (unpaired) electrons. The third-order valence-electron chi connectivity index (χ3n) is 3.61. The molecule has 0 saturated carbocycles. The summed E-state index contributed by atoms with van der Waals surface area (Å²) in [5, 5.41) is 2.43. The molecule has 0 aromatic carbocycles. The number of rotatable bonds is 2. The maximum absolute atomic E-state index is 11.8. The Bertz CT molecular complexity index is 295. The summed E-state index contributed by atoms with van der Waals surface area (Å²) < 4.78 is 5.64. The second-order valence-corrected chi connectivity index (χ2v) is 5.10. The van der Waals surface area contributed by atoms with Crippen molar-refractivity contribution in [1.29, 1.82) is 0 Å². The van der Waals surface area contributed by atoms with Crippen LogP contribution in [-0.4, -0.2) is 24.5 Å². The summed E-state index contributed by atoms with van der Waals surface area (Å²) in [6.07, 6.45) is 2.55. The van der Waals surface area contributed by atoms with Crippen molar-refractivity contribution in [1.82, 2.24) is 5.32 Å². The van der Waals surface area contributed by atoms with Crippen molar-refractivity contribution in [3.8, 4) is 0 Å². The van der Waals surface area contributed by atoms with E-state index >= 15 is 0 Å². The molecule has 0 aromatic rings. The molecule has 2 amide bonds. The number of ether oxygens (including phenoxy) is 1. The molecule has 90 valence electrons. The van der Waals surface area contributed by atoms with Gasteiger partial charge in [-0.2, -0.15) is 0 Å². The maximum atomic E-state index is 11.8. The van der Waals surface area contributed by atoms with Gasteiger partial charge >= 0.3 is 0 Å². The number of carbonyl (C=O) groups excluding carboxylic acids is 2. The van der Waals surface area contributed by atoms with Crippen molar-refractivity contribution in [3.63, 3.8) is 0 Å². The van der Waals surface area contributed by atoms with Crippen LogP contribution in [0.4, 0.5) is 0 Å². The van der Waals surface area contributed by atoms with Gasteiger partial charge in [-0.25, -0.2) is 0 Å². The monoisotopic (exact) mass is 225 g/mol. The van der Waals surface area contributed by atoms with E-state index in [2.05, 4.69) is 5.32 Å². The molecule has 0 bridgehead atoms. The van der Waals surface area contributed by atoms with Gasteiger partial charge in [-0.1, -0.05) is 13.8 Å². The van der Waals surface area contributed by atoms with Crippen molar-refractivity contribution >= 4 is 11.8 Å². The van der Waals surface area contributed by atoms with Crippen LogP contribution in [-0.2, 0) is 14.3 Å². The van der Waals surface area contributed by atoms with Crippen molar-refractivity contribution in [2.24, 2.45) is 17.8 Å². The van der Waals surface area contributed by atoms with Gasteiger partial charge < -0.3 is 4.74 Å². The molecule has 0 aliphatic carbocycles. The van der Waals surface area contributed by atoms with Crippen LogP contribution in [0.2, 0.25) is 0 Å². The molecule has 3 atom stereocenters. The molecule has 2 saturated heterocycles. The van der Waals surface area contributed by atoms with Crippen LogP contribution in [0, 0.1) is 17.8 Å². The molecular weight excluding hydrogens is 206 g/mol. The van der Waals surface area contributed by atoms with E-state index in [4.69, 9.17) is 4.74 Å². The van der Waals surface area contributed by atoms with Crippen LogP contribution in [0.25, 0.3) is 0 Å². The highest BCUT2D eigenvalue weighted by atomic mass is 16.5. The first-order valence-electron chi connectivity index (χ1n) is 6.05. The fourth-order valence-electron chi connectivity index (χ4n) is 2.91. The van der Waals surface area contributed by atoms with E-state index in [1.165, 1.54) is 0 Å². The summed E-state index contributed by atoms with van der Waals surface area (Å²) in [4.78, 5) is 23.2. The number of hydrogen-bond acceptors (Lipinski definition) is 3. The van der Waals surface area contributed by atoms with Gasteiger partial charge in [-0.05, 0) is 18.8 Å². The Labute approximate surface area is 95.7 Å². The molecule has 2 rings (SSSR count). The third kappa shape index (κ3) is 2.12. The minimum atomic E-state index is -0.151. The summed E-state index contributed by atoms with van der Waals surface area (Å²) in [5.74, 6) is -0.0269. The van der Waals surface area contributed by atoms with Crippen LogP contribution in [0.15, 0.2) is 0 Å². The molecular formula is C12H19NO3. The second-order valence-electron chi connectivity index (χ2n) is 5.10. The van der Waals surface area contributed by atoms with Gasteiger partial charge in [0, 0.05) is 24.9 Å². The number of piperidine rings is 1. The summed E-state index contributed by atoms with van der Waals surface area (Å²) in [6.45, 7) is 4.83. The highest BCUT2D eigenvalue weighted by Crippen LogP contribution is 2.35. The first-order valence-corrected chi connectivity index (χ1v) is 6.05. The fourth-order valence-corrected chi connectivity index (χ4v) is 2.91. The average molecular weight is 225 g/mol. The standard InChI is InChI=1S/C12H19NO3/c1-7(2)11-8(9-4-3-5-16-9)6-10(14)13-12(11)15/h7-9,11H,3-6H2,1-2H3,(H,13,14,15). The van der Waals surface area contributed by atoms with E-state index in [1.54, 1.807) is 0 Å². The zero-order valence-electron chi connectivity index (χ0n) is 9.86. The van der Waals surface area contributed by atoms with Gasteiger partial charge in [0.2, 0.25) is 11.8 Å². The Hall–Kier alpha value is -0.900. The van der Waals surface area contributed by atoms with Gasteiger partial charge in [0.05, 0.1) is 6.10 Å². The molecule has 16 heavy (non-hydrogen) atoms. The van der Waals surface area contributed by atoms with Gasteiger partial charge in [-0.3, -0.25) is 14.9 Å². The van der Waals surface area contributed by atoms with Gasteiger partial charge in [0.15, 0.2) is 0 Å². The van der Waals surface area contributed by atoms with Crippen molar-refractivity contribution in [2.75, 3.05) is 6.61 Å². The third-order valence-corrected chi connectivity index (χ3v) is 3.61. The molecule has 2 heterocycles. The lowest BCUT2D eigenvalue weighted by molar-refractivity contribution is -0.144. The quantitative estimate of drug-likeness (QED) is 0.716. The molecule has 0 aromatic heterocycles. The number of carbonyl (C=O) groups is 2. The smallest absolute Gasteiger partial charge is 0.230 e. The summed E-state index contributed by atoms with van der Waals surface area (Å²) in [7, 11) is 0. The summed E-state index contributed by atoms with van der Waals surface area (Å²) in [5.41, 5.74) is 0. The van der Waals surface area contributed by atoms with E-state index in [9.17, 15) is 9.59 Å². The van der Waals surface area contributed by atoms with Crippen LogP contribution < -0.4 is 5.32 Å². The van der Waals surface area contributed by atoms with E-state index in [0.717, 1.165) is 19.4 Å². The molecule has 4 nitrogen and oxygen atoms in total. The molecule has 2 fully saturated rings. The fraction of sp³-hybridized carbons (Fsp3) is 0.833. The Morgan fingerprint density at radius 2 is 2.12 bits per heavy atom. The molecule has 3 unspecified atom stereocenters. The van der Waals surface area contributed by atoms with Crippen LogP contribution in [0.1, 0.15) is 33.1 Å². The maximum Gasteiger partial charge on any atom is 0.230 e. The normalized spacial score (nSPS) is 35.6. The highest BCUT2D eigenvalue weighted by Gasteiger charge is 2.43. The van der Waals surface area contributed by atoms with Crippen LogP contribution >= 0.6 is 0 Å². The Morgan fingerprint density at radius 3 is 2.69 bits per heavy atom. The lowest BCUT2D eigenvalue weighted by Gasteiger charge is -2.35. The number of nitrogens with one attached hydrogen (secondary N) is 1. The molecule has 2 aliphatic heterocycles. The molecule has 4 heteroatoms. The van der Waals surface area contributed by atoms with Crippen molar-refractivity contribution < 1.29 is 14.3 Å². The van der Waals surface area contributed by atoms with Crippen molar-refractivity contribution in [3.05, 3.63) is 0 Å². The van der Waals surface area contributed by atoms with E-state index in [1.807, 2.05) is 13.8 Å².